The summed E-state index contributed by atoms with van der Waals surface area (Å²) < 4.78 is 5.24. The molecule has 6 nitrogen and oxygen atoms in total. The second-order valence-electron chi connectivity index (χ2n) is 7.05. The maximum atomic E-state index is 11.7. The van der Waals surface area contributed by atoms with Crippen LogP contribution in [0.2, 0.25) is 0 Å². The number of carbonyl (C=O) groups is 1. The Morgan fingerprint density at radius 3 is 2.32 bits per heavy atom. The van der Waals surface area contributed by atoms with Crippen LogP contribution < -0.4 is 11.1 Å². The van der Waals surface area contributed by atoms with Gasteiger partial charge < -0.3 is 20.7 Å². The predicted octanol–water partition coefficient (Wildman–Crippen LogP) is 1.50. The molecule has 0 aromatic heterocycles. The van der Waals surface area contributed by atoms with Gasteiger partial charge in [-0.05, 0) is 54.8 Å². The summed E-state index contributed by atoms with van der Waals surface area (Å²) in [7, 11) is 4.15. The van der Waals surface area contributed by atoms with E-state index in [1.165, 1.54) is 0 Å². The predicted molar refractivity (Wildman–Crippen MR) is 92.1 cm³/mol. The first-order valence-corrected chi connectivity index (χ1v) is 8.18. The number of carbonyl (C=O) groups excluding carboxylic acids is 1. The topological polar surface area (TPSA) is 70.8 Å². The Hall–Kier alpha value is -0.850. The van der Waals surface area contributed by atoms with Crippen molar-refractivity contribution in [2.45, 2.75) is 58.7 Å². The Kier molecular flexibility index (Phi) is 9.64. The molecule has 0 spiro atoms. The average molecular weight is 316 g/mol. The molecule has 2 unspecified atom stereocenters. The molecule has 0 aromatic carbocycles. The molecule has 0 aromatic rings. The SMILES string of the molecule is CCN(C(C)CN(C)C)C(CN)CCNC(=O)OC(C)(C)C. The Labute approximate surface area is 136 Å². The third-order valence-corrected chi connectivity index (χ3v) is 3.45. The normalized spacial score (nSPS) is 15.0. The minimum Gasteiger partial charge on any atom is -0.444 e. The lowest BCUT2D eigenvalue weighted by atomic mass is 10.1. The van der Waals surface area contributed by atoms with Crippen LogP contribution in [0.3, 0.4) is 0 Å². The smallest absolute Gasteiger partial charge is 0.407 e. The van der Waals surface area contributed by atoms with E-state index in [2.05, 4.69) is 43.1 Å². The lowest BCUT2D eigenvalue weighted by molar-refractivity contribution is 0.0518. The van der Waals surface area contributed by atoms with E-state index in [9.17, 15) is 4.79 Å². The summed E-state index contributed by atoms with van der Waals surface area (Å²) in [6, 6.07) is 0.685. The summed E-state index contributed by atoms with van der Waals surface area (Å²) in [4.78, 5) is 16.2. The lowest BCUT2D eigenvalue weighted by Crippen LogP contribution is -2.50. The van der Waals surface area contributed by atoms with E-state index in [0.717, 1.165) is 19.5 Å². The van der Waals surface area contributed by atoms with Crippen LogP contribution in [0.5, 0.6) is 0 Å². The molecule has 0 aliphatic heterocycles. The van der Waals surface area contributed by atoms with Crippen molar-refractivity contribution in [2.24, 2.45) is 5.73 Å². The number of nitrogens with zero attached hydrogens (tertiary/aromatic N) is 2. The molecule has 2 atom stereocenters. The molecule has 0 saturated heterocycles. The highest BCUT2D eigenvalue weighted by molar-refractivity contribution is 5.67. The molecular formula is C16H36N4O2. The van der Waals surface area contributed by atoms with Gasteiger partial charge in [-0.1, -0.05) is 6.92 Å². The molecule has 0 fully saturated rings. The Morgan fingerprint density at radius 1 is 1.32 bits per heavy atom. The zero-order valence-corrected chi connectivity index (χ0v) is 15.5. The van der Waals surface area contributed by atoms with Crippen LogP contribution >= 0.6 is 0 Å². The second-order valence-corrected chi connectivity index (χ2v) is 7.05. The molecule has 0 heterocycles. The van der Waals surface area contributed by atoms with Gasteiger partial charge in [0.25, 0.3) is 0 Å². The van der Waals surface area contributed by atoms with Gasteiger partial charge in [0.2, 0.25) is 0 Å². The number of alkyl carbamates (subject to hydrolysis) is 1. The standard InChI is InChI=1S/C16H36N4O2/c1-8-20(13(2)12-19(6)7)14(11-17)9-10-18-15(21)22-16(3,4)5/h13-14H,8-12,17H2,1-7H3,(H,18,21). The molecule has 0 radical (unpaired) electrons. The van der Waals surface area contributed by atoms with Gasteiger partial charge >= 0.3 is 6.09 Å². The first-order chi connectivity index (χ1) is 10.1. The van der Waals surface area contributed by atoms with Crippen LogP contribution in [0.15, 0.2) is 0 Å². The largest absolute Gasteiger partial charge is 0.444 e. The van der Waals surface area contributed by atoms with Gasteiger partial charge in [-0.15, -0.1) is 0 Å². The summed E-state index contributed by atoms with van der Waals surface area (Å²) in [5.74, 6) is 0. The minimum absolute atomic E-state index is 0.259. The summed E-state index contributed by atoms with van der Waals surface area (Å²) >= 11 is 0. The van der Waals surface area contributed by atoms with Gasteiger partial charge in [0.05, 0.1) is 0 Å². The van der Waals surface area contributed by atoms with Crippen molar-refractivity contribution in [1.82, 2.24) is 15.1 Å². The van der Waals surface area contributed by atoms with Gasteiger partial charge in [0.1, 0.15) is 5.60 Å². The van der Waals surface area contributed by atoms with Gasteiger partial charge in [-0.25, -0.2) is 4.79 Å². The van der Waals surface area contributed by atoms with Crippen LogP contribution in [-0.4, -0.2) is 73.9 Å². The van der Waals surface area contributed by atoms with Crippen LogP contribution in [0, 0.1) is 0 Å². The number of ether oxygens (including phenoxy) is 1. The quantitative estimate of drug-likeness (QED) is 0.674. The number of hydrogen-bond acceptors (Lipinski definition) is 5. The molecule has 0 saturated carbocycles. The number of nitrogens with one attached hydrogen (secondary N) is 1. The minimum atomic E-state index is -0.465. The molecular weight excluding hydrogens is 280 g/mol. The third-order valence-electron chi connectivity index (χ3n) is 3.45. The maximum Gasteiger partial charge on any atom is 0.407 e. The van der Waals surface area contributed by atoms with Crippen LogP contribution in [0.25, 0.3) is 0 Å². The number of rotatable bonds is 9. The van der Waals surface area contributed by atoms with Crippen LogP contribution in [0.4, 0.5) is 4.79 Å². The Bertz CT molecular complexity index is 316. The number of amides is 1. The molecule has 0 aliphatic carbocycles. The molecule has 6 heteroatoms. The van der Waals surface area contributed by atoms with Crippen molar-refractivity contribution in [2.75, 3.05) is 40.3 Å². The van der Waals surface area contributed by atoms with Crippen molar-refractivity contribution in [3.05, 3.63) is 0 Å². The van der Waals surface area contributed by atoms with Gasteiger partial charge in [-0.2, -0.15) is 0 Å². The Balaban J connectivity index is 4.36. The van der Waals surface area contributed by atoms with E-state index in [4.69, 9.17) is 10.5 Å². The highest BCUT2D eigenvalue weighted by Gasteiger charge is 2.22. The van der Waals surface area contributed by atoms with Gasteiger partial charge in [-0.3, -0.25) is 4.90 Å². The fourth-order valence-electron chi connectivity index (χ4n) is 2.64. The van der Waals surface area contributed by atoms with E-state index in [1.54, 1.807) is 0 Å². The van der Waals surface area contributed by atoms with Crippen LogP contribution in [-0.2, 0) is 4.74 Å². The Morgan fingerprint density at radius 2 is 1.91 bits per heavy atom. The average Bonchev–Trinajstić information content (AvgIpc) is 2.34. The van der Waals surface area contributed by atoms with E-state index < -0.39 is 5.60 Å². The van der Waals surface area contributed by atoms with Crippen molar-refractivity contribution in [1.29, 1.82) is 0 Å². The fourth-order valence-corrected chi connectivity index (χ4v) is 2.64. The first kappa shape index (κ1) is 21.1. The van der Waals surface area contributed by atoms with Crippen LogP contribution in [0.1, 0.15) is 41.0 Å². The molecule has 132 valence electrons. The molecule has 3 N–H and O–H groups in total. The number of nitrogens with two attached hydrogens (primary N) is 1. The van der Waals surface area contributed by atoms with Gasteiger partial charge in [0, 0.05) is 31.7 Å². The summed E-state index contributed by atoms with van der Waals surface area (Å²) in [6.45, 7) is 13.0. The third kappa shape index (κ3) is 9.23. The zero-order valence-electron chi connectivity index (χ0n) is 15.5. The molecule has 1 amide bonds. The lowest BCUT2D eigenvalue weighted by Gasteiger charge is -2.36. The van der Waals surface area contributed by atoms with Crippen molar-refractivity contribution in [3.8, 4) is 0 Å². The highest BCUT2D eigenvalue weighted by Crippen LogP contribution is 2.10. The maximum absolute atomic E-state index is 11.7. The fraction of sp³-hybridized carbons (Fsp3) is 0.938. The molecule has 0 bridgehead atoms. The first-order valence-electron chi connectivity index (χ1n) is 8.18. The highest BCUT2D eigenvalue weighted by atomic mass is 16.6. The monoisotopic (exact) mass is 316 g/mol. The van der Waals surface area contributed by atoms with Crippen molar-refractivity contribution < 1.29 is 9.53 Å². The van der Waals surface area contributed by atoms with Crippen molar-refractivity contribution in [3.63, 3.8) is 0 Å². The van der Waals surface area contributed by atoms with E-state index in [0.29, 0.717) is 19.1 Å². The van der Waals surface area contributed by atoms with Crippen molar-refractivity contribution >= 4 is 6.09 Å². The van der Waals surface area contributed by atoms with Gasteiger partial charge in [0.15, 0.2) is 0 Å². The van der Waals surface area contributed by atoms with E-state index in [1.807, 2.05) is 20.8 Å². The molecule has 22 heavy (non-hydrogen) atoms. The molecule has 0 rings (SSSR count). The summed E-state index contributed by atoms with van der Waals surface area (Å²) in [6.07, 6.45) is 0.453. The summed E-state index contributed by atoms with van der Waals surface area (Å²) in [5.41, 5.74) is 5.47. The molecule has 0 aliphatic rings. The zero-order chi connectivity index (χ0) is 17.3. The number of likely N-dealkylation sites (N-methyl/N-ethyl adjacent to an activating group) is 2. The number of hydrogen-bond donors (Lipinski definition) is 2. The van der Waals surface area contributed by atoms with E-state index >= 15 is 0 Å². The summed E-state index contributed by atoms with van der Waals surface area (Å²) in [5, 5.41) is 2.81. The van der Waals surface area contributed by atoms with E-state index in [-0.39, 0.29) is 12.1 Å². The second kappa shape index (κ2) is 10.0.